The summed E-state index contributed by atoms with van der Waals surface area (Å²) in [6.07, 6.45) is 0. The van der Waals surface area contributed by atoms with E-state index in [2.05, 4.69) is 5.32 Å². The van der Waals surface area contributed by atoms with E-state index in [1.165, 1.54) is 0 Å². The second-order valence-corrected chi connectivity index (χ2v) is 4.29. The lowest BCUT2D eigenvalue weighted by atomic mass is 10.1. The Bertz CT molecular complexity index is 354. The molecular weight excluding hydrogens is 228 g/mol. The van der Waals surface area contributed by atoms with Crippen LogP contribution in [0.15, 0.2) is 30.3 Å². The summed E-state index contributed by atoms with van der Waals surface area (Å²) in [5.74, 6) is -0.0124. The van der Waals surface area contributed by atoms with Crippen LogP contribution in [-0.4, -0.2) is 42.2 Å². The van der Waals surface area contributed by atoms with Crippen molar-refractivity contribution in [3.05, 3.63) is 35.9 Å². The van der Waals surface area contributed by atoms with Crippen LogP contribution in [0.25, 0.3) is 0 Å². The highest BCUT2D eigenvalue weighted by atomic mass is 16.3. The maximum Gasteiger partial charge on any atom is 0.234 e. The third kappa shape index (κ3) is 4.85. The molecule has 0 heterocycles. The fraction of sp³-hybridized carbons (Fsp3) is 0.500. The molecule has 0 spiro atoms. The second kappa shape index (κ2) is 7.84. The summed E-state index contributed by atoms with van der Waals surface area (Å²) in [4.78, 5) is 13.7. The molecule has 0 bridgehead atoms. The molecule has 18 heavy (non-hydrogen) atoms. The van der Waals surface area contributed by atoms with E-state index >= 15 is 0 Å². The molecule has 0 saturated heterocycles. The molecule has 0 aliphatic carbocycles. The maximum absolute atomic E-state index is 11.8. The van der Waals surface area contributed by atoms with Crippen molar-refractivity contribution in [2.45, 2.75) is 19.9 Å². The van der Waals surface area contributed by atoms with E-state index in [1.807, 2.05) is 49.1 Å². The fourth-order valence-electron chi connectivity index (χ4n) is 1.81. The van der Waals surface area contributed by atoms with Crippen LogP contribution in [0.4, 0.5) is 0 Å². The Kier molecular flexibility index (Phi) is 6.39. The summed E-state index contributed by atoms with van der Waals surface area (Å²) in [5, 5.41) is 11.8. The largest absolute Gasteiger partial charge is 0.395 e. The smallest absolute Gasteiger partial charge is 0.234 e. The molecule has 100 valence electrons. The minimum Gasteiger partial charge on any atom is -0.395 e. The first-order valence-electron chi connectivity index (χ1n) is 6.35. The number of hydrogen-bond donors (Lipinski definition) is 2. The van der Waals surface area contributed by atoms with Crippen LogP contribution in [0, 0.1) is 0 Å². The van der Waals surface area contributed by atoms with Crippen molar-refractivity contribution in [3.63, 3.8) is 0 Å². The fourth-order valence-corrected chi connectivity index (χ4v) is 1.81. The van der Waals surface area contributed by atoms with Gasteiger partial charge in [0.25, 0.3) is 0 Å². The molecule has 4 heteroatoms. The van der Waals surface area contributed by atoms with Crippen LogP contribution in [0.2, 0.25) is 0 Å². The lowest BCUT2D eigenvalue weighted by Crippen LogP contribution is -2.39. The molecule has 1 unspecified atom stereocenters. The van der Waals surface area contributed by atoms with Crippen molar-refractivity contribution >= 4 is 5.91 Å². The van der Waals surface area contributed by atoms with Gasteiger partial charge in [-0.2, -0.15) is 0 Å². The van der Waals surface area contributed by atoms with Crippen LogP contribution < -0.4 is 5.32 Å². The van der Waals surface area contributed by atoms with Crippen LogP contribution in [0.3, 0.4) is 0 Å². The van der Waals surface area contributed by atoms with Gasteiger partial charge in [-0.05, 0) is 19.0 Å². The standard InChI is InChI=1S/C14H22N2O2/c1-3-16(9-10-17)11-14(18)15-12(2)13-7-5-4-6-8-13/h4-8,12,17H,3,9-11H2,1-2H3,(H,15,18). The first kappa shape index (κ1) is 14.7. The number of benzene rings is 1. The van der Waals surface area contributed by atoms with Gasteiger partial charge in [-0.1, -0.05) is 37.3 Å². The van der Waals surface area contributed by atoms with Crippen molar-refractivity contribution in [1.82, 2.24) is 10.2 Å². The van der Waals surface area contributed by atoms with Gasteiger partial charge >= 0.3 is 0 Å². The number of likely N-dealkylation sites (N-methyl/N-ethyl adjacent to an activating group) is 1. The van der Waals surface area contributed by atoms with Crippen LogP contribution in [-0.2, 0) is 4.79 Å². The number of nitrogens with one attached hydrogen (secondary N) is 1. The molecule has 0 aliphatic heterocycles. The van der Waals surface area contributed by atoms with Crippen molar-refractivity contribution < 1.29 is 9.90 Å². The highest BCUT2D eigenvalue weighted by Gasteiger charge is 2.12. The topological polar surface area (TPSA) is 52.6 Å². The summed E-state index contributed by atoms with van der Waals surface area (Å²) in [7, 11) is 0. The number of rotatable bonds is 7. The SMILES string of the molecule is CCN(CCO)CC(=O)NC(C)c1ccccc1. The molecule has 1 aromatic rings. The molecule has 1 amide bonds. The van der Waals surface area contributed by atoms with Gasteiger partial charge in [0.2, 0.25) is 5.91 Å². The third-order valence-electron chi connectivity index (χ3n) is 2.91. The summed E-state index contributed by atoms with van der Waals surface area (Å²) in [6.45, 7) is 5.64. The van der Waals surface area contributed by atoms with Gasteiger partial charge in [-0.15, -0.1) is 0 Å². The van der Waals surface area contributed by atoms with Crippen molar-refractivity contribution in [3.8, 4) is 0 Å². The second-order valence-electron chi connectivity index (χ2n) is 4.29. The molecule has 1 atom stereocenters. The lowest BCUT2D eigenvalue weighted by molar-refractivity contribution is -0.122. The zero-order valence-corrected chi connectivity index (χ0v) is 11.1. The van der Waals surface area contributed by atoms with E-state index in [4.69, 9.17) is 5.11 Å². The summed E-state index contributed by atoms with van der Waals surface area (Å²) >= 11 is 0. The Morgan fingerprint density at radius 2 is 2.06 bits per heavy atom. The normalized spacial score (nSPS) is 12.4. The Morgan fingerprint density at radius 1 is 1.39 bits per heavy atom. The molecule has 2 N–H and O–H groups in total. The van der Waals surface area contributed by atoms with Gasteiger partial charge in [-0.3, -0.25) is 9.69 Å². The highest BCUT2D eigenvalue weighted by Crippen LogP contribution is 2.10. The quantitative estimate of drug-likeness (QED) is 0.764. The predicted octanol–water partition coefficient (Wildman–Crippen LogP) is 1.18. The van der Waals surface area contributed by atoms with E-state index in [9.17, 15) is 4.79 Å². The molecule has 4 nitrogen and oxygen atoms in total. The average molecular weight is 250 g/mol. The molecule has 0 fully saturated rings. The van der Waals surface area contributed by atoms with Gasteiger partial charge in [0.1, 0.15) is 0 Å². The number of amides is 1. The average Bonchev–Trinajstić information content (AvgIpc) is 2.39. The first-order valence-corrected chi connectivity index (χ1v) is 6.35. The first-order chi connectivity index (χ1) is 8.67. The summed E-state index contributed by atoms with van der Waals surface area (Å²) < 4.78 is 0. The molecular formula is C14H22N2O2. The Hall–Kier alpha value is -1.39. The van der Waals surface area contributed by atoms with Gasteiger partial charge in [0.05, 0.1) is 19.2 Å². The van der Waals surface area contributed by atoms with Gasteiger partial charge in [-0.25, -0.2) is 0 Å². The van der Waals surface area contributed by atoms with Crippen molar-refractivity contribution in [2.24, 2.45) is 0 Å². The summed E-state index contributed by atoms with van der Waals surface area (Å²) in [6, 6.07) is 9.88. The third-order valence-corrected chi connectivity index (χ3v) is 2.91. The number of carbonyl (C=O) groups excluding carboxylic acids is 1. The Balaban J connectivity index is 2.44. The maximum atomic E-state index is 11.8. The molecule has 1 rings (SSSR count). The number of aliphatic hydroxyl groups excluding tert-OH is 1. The number of hydrogen-bond acceptors (Lipinski definition) is 3. The molecule has 0 aliphatic rings. The van der Waals surface area contributed by atoms with Crippen LogP contribution in [0.5, 0.6) is 0 Å². The highest BCUT2D eigenvalue weighted by molar-refractivity contribution is 5.78. The zero-order chi connectivity index (χ0) is 13.4. The Labute approximate surface area is 109 Å². The molecule has 0 radical (unpaired) electrons. The Morgan fingerprint density at radius 3 is 2.61 bits per heavy atom. The van der Waals surface area contributed by atoms with Gasteiger partial charge < -0.3 is 10.4 Å². The minimum atomic E-state index is -0.0124. The van der Waals surface area contributed by atoms with E-state index in [1.54, 1.807) is 0 Å². The van der Waals surface area contributed by atoms with E-state index in [0.29, 0.717) is 13.1 Å². The van der Waals surface area contributed by atoms with E-state index in [-0.39, 0.29) is 18.6 Å². The minimum absolute atomic E-state index is 0.00605. The lowest BCUT2D eigenvalue weighted by Gasteiger charge is -2.20. The van der Waals surface area contributed by atoms with Crippen molar-refractivity contribution in [1.29, 1.82) is 0 Å². The monoisotopic (exact) mass is 250 g/mol. The number of carbonyl (C=O) groups is 1. The van der Waals surface area contributed by atoms with Crippen molar-refractivity contribution in [2.75, 3.05) is 26.2 Å². The molecule has 0 aromatic heterocycles. The molecule has 0 saturated carbocycles. The van der Waals surface area contributed by atoms with E-state index < -0.39 is 0 Å². The van der Waals surface area contributed by atoms with Crippen LogP contribution >= 0.6 is 0 Å². The summed E-state index contributed by atoms with van der Waals surface area (Å²) in [5.41, 5.74) is 1.09. The van der Waals surface area contributed by atoms with Gasteiger partial charge in [0.15, 0.2) is 0 Å². The number of aliphatic hydroxyl groups is 1. The molecule has 1 aromatic carbocycles. The predicted molar refractivity (Wildman–Crippen MR) is 72.2 cm³/mol. The zero-order valence-electron chi connectivity index (χ0n) is 11.1. The van der Waals surface area contributed by atoms with Gasteiger partial charge in [0, 0.05) is 6.54 Å². The van der Waals surface area contributed by atoms with E-state index in [0.717, 1.165) is 12.1 Å². The van der Waals surface area contributed by atoms with Crippen LogP contribution in [0.1, 0.15) is 25.5 Å². The number of nitrogens with zero attached hydrogens (tertiary/aromatic N) is 1.